The Labute approximate surface area is 190 Å². The molecule has 1 aromatic carbocycles. The third-order valence-corrected chi connectivity index (χ3v) is 7.54. The maximum absolute atomic E-state index is 4.61. The van der Waals surface area contributed by atoms with Crippen LogP contribution in [0, 0.1) is 19.8 Å². The second kappa shape index (κ2) is 9.40. The molecule has 0 bridgehead atoms. The van der Waals surface area contributed by atoms with Gasteiger partial charge in [0.1, 0.15) is 4.83 Å². The second-order valence-electron chi connectivity index (χ2n) is 9.07. The zero-order chi connectivity index (χ0) is 22.0. The lowest BCUT2D eigenvalue weighted by atomic mass is 9.82. The van der Waals surface area contributed by atoms with Crippen molar-refractivity contribution in [2.45, 2.75) is 65.7 Å². The second-order valence-corrected chi connectivity index (χ2v) is 10.1. The largest absolute Gasteiger partial charge is 0.346 e. The number of aromatic nitrogens is 1. The molecule has 0 spiro atoms. The van der Waals surface area contributed by atoms with E-state index in [-0.39, 0.29) is 0 Å². The highest BCUT2D eigenvalue weighted by Gasteiger charge is 2.18. The van der Waals surface area contributed by atoms with Gasteiger partial charge in [0.15, 0.2) is 0 Å². The lowest BCUT2D eigenvalue weighted by molar-refractivity contribution is 0.301. The Hall–Kier alpha value is -2.39. The van der Waals surface area contributed by atoms with E-state index in [4.69, 9.17) is 0 Å². The average Bonchev–Trinajstić information content (AvgIpc) is 3.24. The number of rotatable bonds is 9. The van der Waals surface area contributed by atoms with Crippen LogP contribution in [0.25, 0.3) is 27.0 Å². The molecule has 0 radical (unpaired) electrons. The first kappa shape index (κ1) is 21.8. The van der Waals surface area contributed by atoms with Crippen LogP contribution < -0.4 is 0 Å². The Morgan fingerprint density at radius 3 is 2.55 bits per heavy atom. The molecule has 0 unspecified atom stereocenters. The van der Waals surface area contributed by atoms with E-state index in [1.54, 1.807) is 11.3 Å². The van der Waals surface area contributed by atoms with Gasteiger partial charge in [0.05, 0.1) is 11.4 Å². The van der Waals surface area contributed by atoms with Gasteiger partial charge < -0.3 is 4.98 Å². The zero-order valence-corrected chi connectivity index (χ0v) is 20.0. The minimum absolute atomic E-state index is 0.782. The van der Waals surface area contributed by atoms with Crippen LogP contribution in [0.15, 0.2) is 48.1 Å². The minimum Gasteiger partial charge on any atom is -0.346 e. The van der Waals surface area contributed by atoms with Crippen molar-refractivity contribution in [1.82, 2.24) is 4.98 Å². The topological polar surface area (TPSA) is 28.1 Å². The molecule has 3 heteroatoms. The Kier molecular flexibility index (Phi) is 6.62. The van der Waals surface area contributed by atoms with E-state index in [9.17, 15) is 0 Å². The van der Waals surface area contributed by atoms with Crippen molar-refractivity contribution in [2.24, 2.45) is 10.9 Å². The van der Waals surface area contributed by atoms with E-state index < -0.39 is 0 Å². The third kappa shape index (κ3) is 4.77. The monoisotopic (exact) mass is 430 g/mol. The summed E-state index contributed by atoms with van der Waals surface area (Å²) in [5.41, 5.74) is 8.28. The van der Waals surface area contributed by atoms with E-state index in [2.05, 4.69) is 68.2 Å². The third-order valence-electron chi connectivity index (χ3n) is 6.43. The number of hydrogen-bond acceptors (Lipinski definition) is 2. The van der Waals surface area contributed by atoms with Gasteiger partial charge in [0.2, 0.25) is 0 Å². The molecule has 1 N–H and O–H groups in total. The normalized spacial score (nSPS) is 14.4. The van der Waals surface area contributed by atoms with Crippen molar-refractivity contribution < 1.29 is 0 Å². The Morgan fingerprint density at radius 1 is 1.16 bits per heavy atom. The van der Waals surface area contributed by atoms with Gasteiger partial charge in [-0.1, -0.05) is 63.0 Å². The summed E-state index contributed by atoms with van der Waals surface area (Å²) in [4.78, 5) is 10.7. The molecular formula is C28H34N2S. The molecule has 1 fully saturated rings. The lowest BCUT2D eigenvalue weighted by Gasteiger charge is -2.24. The van der Waals surface area contributed by atoms with E-state index in [0.29, 0.717) is 0 Å². The van der Waals surface area contributed by atoms with E-state index >= 15 is 0 Å². The van der Waals surface area contributed by atoms with Gasteiger partial charge in [0.25, 0.3) is 0 Å². The number of nitrogens with zero attached hydrogens (tertiary/aromatic N) is 1. The Balaban J connectivity index is 1.56. The summed E-state index contributed by atoms with van der Waals surface area (Å²) < 4.78 is 0. The highest BCUT2D eigenvalue weighted by atomic mass is 32.1. The fraction of sp³-hybridized carbons (Fsp3) is 0.393. The summed E-state index contributed by atoms with van der Waals surface area (Å²) in [5, 5.41) is 1.32. The number of benzene rings is 1. The van der Waals surface area contributed by atoms with E-state index in [1.165, 1.54) is 63.8 Å². The van der Waals surface area contributed by atoms with Crippen LogP contribution in [-0.4, -0.2) is 11.2 Å². The fourth-order valence-corrected chi connectivity index (χ4v) is 5.62. The molecule has 162 valence electrons. The van der Waals surface area contributed by atoms with Crippen LogP contribution in [0.1, 0.15) is 67.0 Å². The molecule has 0 saturated heterocycles. The van der Waals surface area contributed by atoms with Crippen molar-refractivity contribution in [2.75, 3.05) is 0 Å². The maximum Gasteiger partial charge on any atom is 0.101 e. The molecule has 3 aromatic rings. The quantitative estimate of drug-likeness (QED) is 0.260. The summed E-state index contributed by atoms with van der Waals surface area (Å²) in [6.45, 7) is 15.1. The van der Waals surface area contributed by atoms with Gasteiger partial charge in [-0.2, -0.15) is 0 Å². The van der Waals surface area contributed by atoms with Crippen molar-refractivity contribution in [3.63, 3.8) is 0 Å². The van der Waals surface area contributed by atoms with Crippen LogP contribution in [0.2, 0.25) is 0 Å². The Morgan fingerprint density at radius 2 is 1.90 bits per heavy atom. The molecule has 0 aliphatic heterocycles. The highest BCUT2D eigenvalue weighted by molar-refractivity contribution is 7.19. The van der Waals surface area contributed by atoms with Gasteiger partial charge in [-0.05, 0) is 68.4 Å². The smallest absolute Gasteiger partial charge is 0.101 e. The fourth-order valence-electron chi connectivity index (χ4n) is 4.54. The van der Waals surface area contributed by atoms with Crippen molar-refractivity contribution >= 4 is 33.3 Å². The number of hydrogen-bond donors (Lipinski definition) is 1. The standard InChI is InChI=1S/C28H34N2S/c1-6-9-24-25-17-26(20(4)21(5)29-13-8-12-22-10-7-11-22)31-28(25)30-27(24)23-15-18(2)14-19(3)16-23/h13-17,22,30H,4-12H2,1-3H3/b29-13-. The number of aliphatic imine (C=N–C) groups is 1. The molecule has 1 aliphatic rings. The molecule has 1 saturated carbocycles. The first-order valence-electron chi connectivity index (χ1n) is 11.6. The summed E-state index contributed by atoms with van der Waals surface area (Å²) in [5.74, 6) is 0.921. The summed E-state index contributed by atoms with van der Waals surface area (Å²) in [6, 6.07) is 9.07. The predicted octanol–water partition coefficient (Wildman–Crippen LogP) is 8.64. The molecule has 4 rings (SSSR count). The number of fused-ring (bicyclic) bond motifs is 1. The molecule has 31 heavy (non-hydrogen) atoms. The average molecular weight is 431 g/mol. The number of H-pyrrole nitrogens is 1. The molecule has 2 aromatic heterocycles. The number of allylic oxidation sites excluding steroid dienone is 1. The van der Waals surface area contributed by atoms with Crippen LogP contribution in [-0.2, 0) is 6.42 Å². The number of aryl methyl sites for hydroxylation is 3. The van der Waals surface area contributed by atoms with Crippen LogP contribution in [0.5, 0.6) is 0 Å². The SMILES string of the molecule is C=C(/N=C\CCC1CCC1)C(=C)c1cc2c(CCC)c(-c3cc(C)cc(C)c3)[nH]c2s1. The summed E-state index contributed by atoms with van der Waals surface area (Å²) >= 11 is 1.76. The maximum atomic E-state index is 4.61. The van der Waals surface area contributed by atoms with Crippen LogP contribution in [0.4, 0.5) is 0 Å². The molecular weight excluding hydrogens is 396 g/mol. The molecule has 0 amide bonds. The van der Waals surface area contributed by atoms with Gasteiger partial charge >= 0.3 is 0 Å². The predicted molar refractivity (Wildman–Crippen MR) is 138 cm³/mol. The van der Waals surface area contributed by atoms with Crippen molar-refractivity contribution in [1.29, 1.82) is 0 Å². The van der Waals surface area contributed by atoms with Gasteiger partial charge in [0, 0.05) is 22.1 Å². The lowest BCUT2D eigenvalue weighted by Crippen LogP contribution is -2.10. The molecule has 0 atom stereocenters. The van der Waals surface area contributed by atoms with Crippen molar-refractivity contribution in [3.05, 3.63) is 64.7 Å². The van der Waals surface area contributed by atoms with Crippen LogP contribution >= 0.6 is 11.3 Å². The number of nitrogens with one attached hydrogen (secondary N) is 1. The molecule has 1 aliphatic carbocycles. The van der Waals surface area contributed by atoms with E-state index in [1.807, 2.05) is 6.21 Å². The number of thiophene rings is 1. The minimum atomic E-state index is 0.782. The first-order chi connectivity index (χ1) is 15.0. The molecule has 2 heterocycles. The van der Waals surface area contributed by atoms with Gasteiger partial charge in [-0.25, -0.2) is 0 Å². The zero-order valence-electron chi connectivity index (χ0n) is 19.2. The summed E-state index contributed by atoms with van der Waals surface area (Å²) in [6.07, 6.45) is 10.7. The van der Waals surface area contributed by atoms with Crippen LogP contribution in [0.3, 0.4) is 0 Å². The first-order valence-corrected chi connectivity index (χ1v) is 12.4. The Bertz CT molecular complexity index is 1120. The highest BCUT2D eigenvalue weighted by Crippen LogP contribution is 2.39. The van der Waals surface area contributed by atoms with E-state index in [0.717, 1.165) is 41.3 Å². The van der Waals surface area contributed by atoms with Gasteiger partial charge in [-0.3, -0.25) is 4.99 Å². The molecule has 2 nitrogen and oxygen atoms in total. The summed E-state index contributed by atoms with van der Waals surface area (Å²) in [7, 11) is 0. The van der Waals surface area contributed by atoms with Gasteiger partial charge in [-0.15, -0.1) is 11.3 Å². The number of aromatic amines is 1. The van der Waals surface area contributed by atoms with Crippen molar-refractivity contribution in [3.8, 4) is 11.3 Å².